The molecule has 0 radical (unpaired) electrons. The summed E-state index contributed by atoms with van der Waals surface area (Å²) in [5, 5.41) is 19.7. The molecule has 0 aromatic carbocycles. The van der Waals surface area contributed by atoms with Crippen LogP contribution in [0.1, 0.15) is 17.8 Å². The van der Waals surface area contributed by atoms with Crippen LogP contribution in [0.3, 0.4) is 0 Å². The van der Waals surface area contributed by atoms with Crippen molar-refractivity contribution in [3.05, 3.63) is 22.1 Å². The zero-order chi connectivity index (χ0) is 21.6. The maximum Gasteiger partial charge on any atom is 0.490 e. The number of alkyl halides is 3. The molecule has 0 bridgehead atoms. The lowest BCUT2D eigenvalue weighted by Gasteiger charge is -2.43. The molecule has 1 atom stereocenters. The van der Waals surface area contributed by atoms with E-state index in [9.17, 15) is 13.2 Å². The van der Waals surface area contributed by atoms with E-state index in [2.05, 4.69) is 30.4 Å². The van der Waals surface area contributed by atoms with E-state index in [4.69, 9.17) is 14.6 Å². The van der Waals surface area contributed by atoms with E-state index in [1.54, 1.807) is 22.7 Å². The molecule has 1 N–H and O–H groups in total. The number of nitrogens with zero attached hydrogens (tertiary/aromatic N) is 5. The number of piperidine rings is 1. The first-order valence-corrected chi connectivity index (χ1v) is 11.0. The minimum atomic E-state index is -5.08. The Morgan fingerprint density at radius 3 is 2.73 bits per heavy atom. The number of halogens is 3. The number of anilines is 1. The van der Waals surface area contributed by atoms with Gasteiger partial charge < -0.3 is 14.7 Å². The summed E-state index contributed by atoms with van der Waals surface area (Å²) in [7, 11) is 0. The Morgan fingerprint density at radius 1 is 1.30 bits per heavy atom. The molecular formula is C17H22F3N5O3S2. The molecule has 166 valence electrons. The molecule has 8 nitrogen and oxygen atoms in total. The van der Waals surface area contributed by atoms with Gasteiger partial charge >= 0.3 is 12.1 Å². The summed E-state index contributed by atoms with van der Waals surface area (Å²) < 4.78 is 37.7. The lowest BCUT2D eigenvalue weighted by Crippen LogP contribution is -2.50. The molecule has 13 heteroatoms. The summed E-state index contributed by atoms with van der Waals surface area (Å²) in [4.78, 5) is 18.2. The van der Waals surface area contributed by atoms with Gasteiger partial charge in [-0.2, -0.15) is 13.2 Å². The molecule has 4 rings (SSSR count). The molecular weight excluding hydrogens is 443 g/mol. The third kappa shape index (κ3) is 6.33. The van der Waals surface area contributed by atoms with Gasteiger partial charge in [0.2, 0.25) is 5.13 Å². The fourth-order valence-electron chi connectivity index (χ4n) is 3.68. The predicted molar refractivity (Wildman–Crippen MR) is 106 cm³/mol. The molecule has 2 aromatic heterocycles. The van der Waals surface area contributed by atoms with Crippen molar-refractivity contribution < 1.29 is 27.8 Å². The van der Waals surface area contributed by atoms with E-state index in [-0.39, 0.29) is 5.41 Å². The van der Waals surface area contributed by atoms with Gasteiger partial charge in [-0.15, -0.1) is 21.5 Å². The third-order valence-electron chi connectivity index (χ3n) is 4.88. The summed E-state index contributed by atoms with van der Waals surface area (Å²) in [6.45, 7) is 6.71. The Balaban J connectivity index is 0.000000318. The molecule has 1 spiro atoms. The maximum atomic E-state index is 10.6. The third-order valence-corrected chi connectivity index (χ3v) is 6.40. The van der Waals surface area contributed by atoms with Gasteiger partial charge in [0.25, 0.3) is 0 Å². The Hall–Kier alpha value is -1.83. The highest BCUT2D eigenvalue weighted by Crippen LogP contribution is 2.35. The number of hydrogen-bond acceptors (Lipinski definition) is 9. The van der Waals surface area contributed by atoms with Gasteiger partial charge in [0.05, 0.1) is 19.8 Å². The van der Waals surface area contributed by atoms with Gasteiger partial charge in [-0.25, -0.2) is 9.78 Å². The zero-order valence-electron chi connectivity index (χ0n) is 16.0. The first kappa shape index (κ1) is 22.8. The van der Waals surface area contributed by atoms with Crippen molar-refractivity contribution in [3.8, 4) is 0 Å². The summed E-state index contributed by atoms with van der Waals surface area (Å²) >= 11 is 3.36. The van der Waals surface area contributed by atoms with E-state index in [1.165, 1.54) is 17.8 Å². The minimum Gasteiger partial charge on any atom is -0.475 e. The van der Waals surface area contributed by atoms with Crippen molar-refractivity contribution in [3.63, 3.8) is 0 Å². The topological polar surface area (TPSA) is 91.7 Å². The van der Waals surface area contributed by atoms with E-state index in [0.29, 0.717) is 0 Å². The fraction of sp³-hybridized carbons (Fsp3) is 0.647. The molecule has 4 heterocycles. The first-order valence-electron chi connectivity index (χ1n) is 9.27. The molecule has 0 saturated carbocycles. The summed E-state index contributed by atoms with van der Waals surface area (Å²) in [5.41, 5.74) is 2.00. The van der Waals surface area contributed by atoms with Crippen LogP contribution in [0.4, 0.5) is 18.3 Å². The summed E-state index contributed by atoms with van der Waals surface area (Å²) in [6, 6.07) is 0. The molecule has 2 aliphatic heterocycles. The van der Waals surface area contributed by atoms with Crippen LogP contribution in [-0.4, -0.2) is 76.7 Å². The lowest BCUT2D eigenvalue weighted by atomic mass is 9.80. The maximum absolute atomic E-state index is 10.6. The predicted octanol–water partition coefficient (Wildman–Crippen LogP) is 2.75. The van der Waals surface area contributed by atoms with Crippen LogP contribution in [0, 0.1) is 5.41 Å². The van der Waals surface area contributed by atoms with Crippen LogP contribution in [0.15, 0.2) is 17.1 Å². The van der Waals surface area contributed by atoms with Gasteiger partial charge in [0.15, 0.2) is 0 Å². The summed E-state index contributed by atoms with van der Waals surface area (Å²) in [6.07, 6.45) is -0.749. The minimum absolute atomic E-state index is 0.192. The van der Waals surface area contributed by atoms with Crippen LogP contribution in [0.25, 0.3) is 0 Å². The average molecular weight is 466 g/mol. The van der Waals surface area contributed by atoms with E-state index >= 15 is 0 Å². The van der Waals surface area contributed by atoms with Crippen molar-refractivity contribution in [2.45, 2.75) is 25.6 Å². The summed E-state index contributed by atoms with van der Waals surface area (Å²) in [5.74, 6) is -2.76. The molecule has 0 amide bonds. The fourth-order valence-corrected chi connectivity index (χ4v) is 4.92. The van der Waals surface area contributed by atoms with Crippen molar-refractivity contribution in [2.75, 3.05) is 44.3 Å². The molecule has 30 heavy (non-hydrogen) atoms. The second-order valence-corrected chi connectivity index (χ2v) is 9.03. The van der Waals surface area contributed by atoms with E-state index in [1.807, 2.05) is 11.7 Å². The van der Waals surface area contributed by atoms with Crippen LogP contribution in [-0.2, 0) is 16.1 Å². The SMILES string of the molecule is O=C(O)C(F)(F)F.c1csc(CN2CCCC3(COCCN(c4nncs4)C3)C2)n1. The molecule has 2 fully saturated rings. The van der Waals surface area contributed by atoms with Crippen molar-refractivity contribution in [2.24, 2.45) is 5.41 Å². The van der Waals surface area contributed by atoms with Crippen molar-refractivity contribution in [1.29, 1.82) is 0 Å². The number of carboxylic acids is 1. The number of hydrogen-bond donors (Lipinski definition) is 1. The smallest absolute Gasteiger partial charge is 0.475 e. The van der Waals surface area contributed by atoms with Crippen LogP contribution in [0.5, 0.6) is 0 Å². The Morgan fingerprint density at radius 2 is 2.10 bits per heavy atom. The molecule has 2 aliphatic rings. The number of thiazole rings is 1. The van der Waals surface area contributed by atoms with E-state index in [0.717, 1.165) is 51.1 Å². The van der Waals surface area contributed by atoms with Crippen LogP contribution in [0.2, 0.25) is 0 Å². The highest BCUT2D eigenvalue weighted by atomic mass is 32.1. The Bertz CT molecular complexity index is 791. The Labute approximate surface area is 179 Å². The van der Waals surface area contributed by atoms with Crippen LogP contribution >= 0.6 is 22.7 Å². The van der Waals surface area contributed by atoms with Crippen molar-refractivity contribution >= 4 is 33.8 Å². The molecule has 1 unspecified atom stereocenters. The van der Waals surface area contributed by atoms with E-state index < -0.39 is 12.1 Å². The van der Waals surface area contributed by atoms with Gasteiger partial charge in [-0.3, -0.25) is 4.90 Å². The number of carboxylic acid groups (broad SMARTS) is 1. The number of likely N-dealkylation sites (tertiary alicyclic amines) is 1. The monoisotopic (exact) mass is 465 g/mol. The lowest BCUT2D eigenvalue weighted by molar-refractivity contribution is -0.192. The molecule has 2 saturated heterocycles. The van der Waals surface area contributed by atoms with Crippen molar-refractivity contribution in [1.82, 2.24) is 20.1 Å². The second-order valence-electron chi connectivity index (χ2n) is 7.24. The molecule has 2 aromatic rings. The number of rotatable bonds is 3. The largest absolute Gasteiger partial charge is 0.490 e. The number of ether oxygens (including phenoxy) is 1. The standard InChI is InChI=1S/C15H21N5OS2.C2HF3O2/c1-2-15(9-19(4-1)8-13-16-3-7-22-13)10-20(5-6-21-11-15)14-18-17-12-23-14;3-2(4,5)1(6)7/h3,7,12H,1-2,4-6,8-11H2;(H,6,7). The number of carbonyl (C=O) groups is 1. The highest BCUT2D eigenvalue weighted by Gasteiger charge is 2.40. The quantitative estimate of drug-likeness (QED) is 0.740. The zero-order valence-corrected chi connectivity index (χ0v) is 17.7. The average Bonchev–Trinajstić information content (AvgIpc) is 3.35. The Kier molecular flexibility index (Phi) is 7.60. The van der Waals surface area contributed by atoms with Gasteiger partial charge in [0.1, 0.15) is 10.5 Å². The second kappa shape index (κ2) is 9.98. The number of aliphatic carboxylic acids is 1. The van der Waals surface area contributed by atoms with Gasteiger partial charge in [-0.05, 0) is 19.4 Å². The van der Waals surface area contributed by atoms with Crippen LogP contribution < -0.4 is 4.90 Å². The first-order chi connectivity index (χ1) is 14.3. The van der Waals surface area contributed by atoms with Gasteiger partial charge in [-0.1, -0.05) is 11.3 Å². The normalized spacial score (nSPS) is 23.0. The highest BCUT2D eigenvalue weighted by molar-refractivity contribution is 7.13. The molecule has 0 aliphatic carbocycles. The number of aromatic nitrogens is 3. The van der Waals surface area contributed by atoms with Gasteiger partial charge in [0, 0.05) is 36.6 Å².